The highest BCUT2D eigenvalue weighted by atomic mass is 15.0. The summed E-state index contributed by atoms with van der Waals surface area (Å²) in [5.41, 5.74) is 8.03. The Morgan fingerprint density at radius 1 is 0.516 bits per heavy atom. The predicted octanol–water partition coefficient (Wildman–Crippen LogP) is 7.51. The number of pyridine rings is 1. The van der Waals surface area contributed by atoms with Crippen molar-refractivity contribution in [2.24, 2.45) is 0 Å². The molecule has 2 aromatic heterocycles. The zero-order valence-corrected chi connectivity index (χ0v) is 16.9. The lowest BCUT2D eigenvalue weighted by atomic mass is 10.0. The van der Waals surface area contributed by atoms with Crippen LogP contribution in [0.25, 0.3) is 49.9 Å². The first-order valence-electron chi connectivity index (χ1n) is 10.5. The number of hydrogen-bond donors (Lipinski definition) is 0. The molecule has 0 fully saturated rings. The minimum absolute atomic E-state index is 0.999. The molecule has 0 spiro atoms. The van der Waals surface area contributed by atoms with Crippen LogP contribution in [0.1, 0.15) is 0 Å². The van der Waals surface area contributed by atoms with Crippen LogP contribution in [-0.4, -0.2) is 9.55 Å². The summed E-state index contributed by atoms with van der Waals surface area (Å²) in [6, 6.07) is 40.4. The highest BCUT2D eigenvalue weighted by Crippen LogP contribution is 2.38. The first-order chi connectivity index (χ1) is 15.4. The van der Waals surface area contributed by atoms with E-state index in [0.717, 1.165) is 22.5 Å². The quantitative estimate of drug-likeness (QED) is 0.303. The molecule has 0 atom stereocenters. The Labute approximate surface area is 181 Å². The van der Waals surface area contributed by atoms with E-state index in [0.29, 0.717) is 0 Å². The highest BCUT2D eigenvalue weighted by molar-refractivity contribution is 6.13. The van der Waals surface area contributed by atoms with Gasteiger partial charge in [0.05, 0.1) is 16.7 Å². The van der Waals surface area contributed by atoms with Crippen molar-refractivity contribution in [2.75, 3.05) is 0 Å². The van der Waals surface area contributed by atoms with Crippen molar-refractivity contribution < 1.29 is 0 Å². The molecule has 146 valence electrons. The van der Waals surface area contributed by atoms with Gasteiger partial charge < -0.3 is 4.57 Å². The minimum Gasteiger partial charge on any atom is -0.307 e. The zero-order chi connectivity index (χ0) is 20.6. The second kappa shape index (κ2) is 7.26. The van der Waals surface area contributed by atoms with Crippen LogP contribution < -0.4 is 0 Å². The molecule has 6 rings (SSSR count). The predicted molar refractivity (Wildman–Crippen MR) is 129 cm³/mol. The maximum atomic E-state index is 4.82. The van der Waals surface area contributed by atoms with Gasteiger partial charge in [0.2, 0.25) is 0 Å². The standard InChI is InChI=1S/C29H20N2/c1-4-10-21(11-5-1)23-16-17-27-26(20-23)25-18-19-30-28(22-12-6-2-7-13-22)29(25)31(27)24-14-8-3-9-15-24/h1-20H. The second-order valence-corrected chi connectivity index (χ2v) is 7.69. The molecule has 2 heteroatoms. The van der Waals surface area contributed by atoms with Gasteiger partial charge in [0, 0.05) is 28.2 Å². The smallest absolute Gasteiger partial charge is 0.0948 e. The molecule has 0 radical (unpaired) electrons. The lowest BCUT2D eigenvalue weighted by Gasteiger charge is -2.11. The Balaban J connectivity index is 1.74. The summed E-state index contributed by atoms with van der Waals surface area (Å²) in [4.78, 5) is 4.82. The molecular formula is C29H20N2. The van der Waals surface area contributed by atoms with E-state index in [9.17, 15) is 0 Å². The summed E-state index contributed by atoms with van der Waals surface area (Å²) < 4.78 is 2.34. The minimum atomic E-state index is 0.999. The fourth-order valence-corrected chi connectivity index (χ4v) is 4.43. The molecule has 0 bridgehead atoms. The van der Waals surface area contributed by atoms with Gasteiger partial charge in [0.15, 0.2) is 0 Å². The zero-order valence-electron chi connectivity index (χ0n) is 16.9. The average Bonchev–Trinajstić information content (AvgIpc) is 3.19. The summed E-state index contributed by atoms with van der Waals surface area (Å²) >= 11 is 0. The lowest BCUT2D eigenvalue weighted by molar-refractivity contribution is 1.17. The Bertz CT molecular complexity index is 1500. The first-order valence-corrected chi connectivity index (χ1v) is 10.5. The van der Waals surface area contributed by atoms with E-state index < -0.39 is 0 Å². The van der Waals surface area contributed by atoms with Crippen molar-refractivity contribution in [3.8, 4) is 28.1 Å². The van der Waals surface area contributed by atoms with E-state index in [1.54, 1.807) is 0 Å². The van der Waals surface area contributed by atoms with Crippen LogP contribution in [0.4, 0.5) is 0 Å². The normalized spacial score (nSPS) is 11.2. The molecule has 0 saturated heterocycles. The van der Waals surface area contributed by atoms with Crippen LogP contribution in [0, 0.1) is 0 Å². The Kier molecular flexibility index (Phi) is 4.14. The van der Waals surface area contributed by atoms with Crippen molar-refractivity contribution in [2.45, 2.75) is 0 Å². The third-order valence-corrected chi connectivity index (χ3v) is 5.84. The van der Waals surface area contributed by atoms with Crippen molar-refractivity contribution in [1.29, 1.82) is 0 Å². The Morgan fingerprint density at radius 3 is 1.87 bits per heavy atom. The molecule has 0 saturated carbocycles. The molecule has 0 aliphatic rings. The number of rotatable bonds is 3. The summed E-state index contributed by atoms with van der Waals surface area (Å²) in [7, 11) is 0. The van der Waals surface area contributed by atoms with E-state index in [1.807, 2.05) is 12.3 Å². The van der Waals surface area contributed by atoms with Crippen molar-refractivity contribution >= 4 is 21.8 Å². The molecule has 0 aliphatic carbocycles. The summed E-state index contributed by atoms with van der Waals surface area (Å²) in [5, 5.41) is 2.45. The van der Waals surface area contributed by atoms with Crippen LogP contribution in [0.2, 0.25) is 0 Å². The van der Waals surface area contributed by atoms with Crippen LogP contribution in [0.3, 0.4) is 0 Å². The van der Waals surface area contributed by atoms with Gasteiger partial charge in [-0.15, -0.1) is 0 Å². The van der Waals surface area contributed by atoms with Gasteiger partial charge in [-0.2, -0.15) is 0 Å². The van der Waals surface area contributed by atoms with Crippen molar-refractivity contribution in [3.05, 3.63) is 121 Å². The van der Waals surface area contributed by atoms with Gasteiger partial charge in [0.1, 0.15) is 0 Å². The molecule has 31 heavy (non-hydrogen) atoms. The van der Waals surface area contributed by atoms with E-state index in [2.05, 4.69) is 114 Å². The molecule has 0 unspecified atom stereocenters. The number of aromatic nitrogens is 2. The molecule has 0 amide bonds. The fourth-order valence-electron chi connectivity index (χ4n) is 4.43. The van der Waals surface area contributed by atoms with Gasteiger partial charge in [-0.05, 0) is 41.5 Å². The van der Waals surface area contributed by atoms with Crippen LogP contribution in [-0.2, 0) is 0 Å². The Morgan fingerprint density at radius 2 is 1.16 bits per heavy atom. The highest BCUT2D eigenvalue weighted by Gasteiger charge is 2.17. The molecule has 0 N–H and O–H groups in total. The SMILES string of the molecule is c1ccc(-c2ccc3c(c2)c2ccnc(-c4ccccc4)c2n3-c2ccccc2)cc1. The summed E-state index contributed by atoms with van der Waals surface area (Å²) in [6.07, 6.45) is 1.93. The molecule has 4 aromatic carbocycles. The summed E-state index contributed by atoms with van der Waals surface area (Å²) in [5.74, 6) is 0. The number of fused-ring (bicyclic) bond motifs is 3. The van der Waals surface area contributed by atoms with Gasteiger partial charge in [0.25, 0.3) is 0 Å². The number of hydrogen-bond acceptors (Lipinski definition) is 1. The van der Waals surface area contributed by atoms with Gasteiger partial charge in [-0.3, -0.25) is 4.98 Å². The molecule has 2 nitrogen and oxygen atoms in total. The van der Waals surface area contributed by atoms with E-state index in [4.69, 9.17) is 4.98 Å². The molecule has 0 aliphatic heterocycles. The first kappa shape index (κ1) is 17.7. The number of para-hydroxylation sites is 1. The number of nitrogens with zero attached hydrogens (tertiary/aromatic N) is 2. The average molecular weight is 396 g/mol. The third kappa shape index (κ3) is 2.92. The maximum absolute atomic E-state index is 4.82. The van der Waals surface area contributed by atoms with E-state index in [1.165, 1.54) is 27.4 Å². The monoisotopic (exact) mass is 396 g/mol. The fraction of sp³-hybridized carbons (Fsp3) is 0. The van der Waals surface area contributed by atoms with E-state index in [-0.39, 0.29) is 0 Å². The Hall–Kier alpha value is -4.17. The topological polar surface area (TPSA) is 17.8 Å². The van der Waals surface area contributed by atoms with Gasteiger partial charge in [-0.1, -0.05) is 84.9 Å². The van der Waals surface area contributed by atoms with Gasteiger partial charge in [-0.25, -0.2) is 0 Å². The number of benzene rings is 4. The maximum Gasteiger partial charge on any atom is 0.0948 e. The molecule has 6 aromatic rings. The molecular weight excluding hydrogens is 376 g/mol. The van der Waals surface area contributed by atoms with E-state index >= 15 is 0 Å². The van der Waals surface area contributed by atoms with Crippen molar-refractivity contribution in [1.82, 2.24) is 9.55 Å². The molecule has 2 heterocycles. The van der Waals surface area contributed by atoms with Crippen LogP contribution in [0.5, 0.6) is 0 Å². The lowest BCUT2D eigenvalue weighted by Crippen LogP contribution is -1.96. The largest absolute Gasteiger partial charge is 0.307 e. The summed E-state index contributed by atoms with van der Waals surface area (Å²) in [6.45, 7) is 0. The van der Waals surface area contributed by atoms with Crippen molar-refractivity contribution in [3.63, 3.8) is 0 Å². The van der Waals surface area contributed by atoms with Crippen LogP contribution in [0.15, 0.2) is 121 Å². The van der Waals surface area contributed by atoms with Gasteiger partial charge >= 0.3 is 0 Å². The third-order valence-electron chi connectivity index (χ3n) is 5.84. The van der Waals surface area contributed by atoms with Crippen LogP contribution >= 0.6 is 0 Å². The second-order valence-electron chi connectivity index (χ2n) is 7.69.